The standard InChI is InChI=1S/C19H19F3N6OS/c1-6-30-13-8-12(29-18(3,4)9-23)10(2)24-15(13)17-25-11-7-14(19(20,21)22)26-27-16(11)28(17)5/h7-8H,6H2,1-5H3. The molecule has 3 rings (SSSR count). The van der Waals surface area contributed by atoms with Crippen LogP contribution in [0.15, 0.2) is 17.0 Å². The molecule has 0 N–H and O–H groups in total. The number of aromatic nitrogens is 5. The summed E-state index contributed by atoms with van der Waals surface area (Å²) in [5.74, 6) is 1.55. The van der Waals surface area contributed by atoms with Crippen LogP contribution in [-0.2, 0) is 13.2 Å². The van der Waals surface area contributed by atoms with Crippen molar-refractivity contribution in [3.05, 3.63) is 23.5 Å². The van der Waals surface area contributed by atoms with E-state index in [2.05, 4.69) is 26.2 Å². The van der Waals surface area contributed by atoms with E-state index >= 15 is 0 Å². The number of hydrogen-bond donors (Lipinski definition) is 0. The number of imidazole rings is 1. The minimum absolute atomic E-state index is 0.0765. The molecular weight excluding hydrogens is 417 g/mol. The maximum atomic E-state index is 13.0. The molecule has 0 aliphatic carbocycles. The zero-order valence-corrected chi connectivity index (χ0v) is 17.8. The highest BCUT2D eigenvalue weighted by Gasteiger charge is 2.34. The molecule has 0 saturated carbocycles. The first kappa shape index (κ1) is 21.8. The van der Waals surface area contributed by atoms with Gasteiger partial charge in [0.05, 0.1) is 5.69 Å². The summed E-state index contributed by atoms with van der Waals surface area (Å²) in [6.45, 7) is 6.99. The van der Waals surface area contributed by atoms with Crippen molar-refractivity contribution in [3.8, 4) is 23.3 Å². The fourth-order valence-corrected chi connectivity index (χ4v) is 3.51. The molecule has 11 heteroatoms. The molecule has 0 saturated heterocycles. The fourth-order valence-electron chi connectivity index (χ4n) is 2.73. The summed E-state index contributed by atoms with van der Waals surface area (Å²) in [4.78, 5) is 9.68. The molecule has 3 heterocycles. The highest BCUT2D eigenvalue weighted by molar-refractivity contribution is 7.99. The Morgan fingerprint density at radius 3 is 2.50 bits per heavy atom. The molecule has 0 aliphatic heterocycles. The van der Waals surface area contributed by atoms with Crippen molar-refractivity contribution in [3.63, 3.8) is 0 Å². The number of pyridine rings is 1. The van der Waals surface area contributed by atoms with E-state index in [4.69, 9.17) is 4.74 Å². The van der Waals surface area contributed by atoms with Crippen LogP contribution in [0.1, 0.15) is 32.2 Å². The van der Waals surface area contributed by atoms with Crippen LogP contribution in [0, 0.1) is 18.3 Å². The molecule has 158 valence electrons. The average Bonchev–Trinajstić information content (AvgIpc) is 2.99. The van der Waals surface area contributed by atoms with E-state index in [9.17, 15) is 18.4 Å². The SMILES string of the molecule is CCSc1cc(OC(C)(C)C#N)c(C)nc1-c1nc2cc(C(F)(F)F)nnc2n1C. The maximum absolute atomic E-state index is 13.0. The molecule has 0 aromatic carbocycles. The molecule has 0 aliphatic rings. The summed E-state index contributed by atoms with van der Waals surface area (Å²) >= 11 is 1.48. The molecule has 3 aromatic heterocycles. The largest absolute Gasteiger partial charge is 0.471 e. The van der Waals surface area contributed by atoms with Gasteiger partial charge in [-0.15, -0.1) is 22.0 Å². The van der Waals surface area contributed by atoms with Gasteiger partial charge in [-0.05, 0) is 32.6 Å². The lowest BCUT2D eigenvalue weighted by atomic mass is 10.1. The smallest absolute Gasteiger partial charge is 0.435 e. The van der Waals surface area contributed by atoms with Crippen molar-refractivity contribution in [2.24, 2.45) is 7.05 Å². The lowest BCUT2D eigenvalue weighted by molar-refractivity contribution is -0.141. The second-order valence-electron chi connectivity index (χ2n) is 7.01. The molecule has 30 heavy (non-hydrogen) atoms. The Labute approximate surface area is 175 Å². The van der Waals surface area contributed by atoms with Gasteiger partial charge in [0.1, 0.15) is 23.0 Å². The summed E-state index contributed by atoms with van der Waals surface area (Å²) < 4.78 is 46.3. The third-order valence-corrected chi connectivity index (χ3v) is 5.10. The maximum Gasteiger partial charge on any atom is 0.435 e. The van der Waals surface area contributed by atoms with Crippen LogP contribution in [0.4, 0.5) is 13.2 Å². The second kappa shape index (κ2) is 7.75. The topological polar surface area (TPSA) is 89.5 Å². The molecule has 0 unspecified atom stereocenters. The molecule has 7 nitrogen and oxygen atoms in total. The number of halogens is 3. The number of ether oxygens (including phenoxy) is 1. The highest BCUT2D eigenvalue weighted by atomic mass is 32.2. The van der Waals surface area contributed by atoms with E-state index in [0.29, 0.717) is 23.0 Å². The van der Waals surface area contributed by atoms with Crippen molar-refractivity contribution in [2.75, 3.05) is 5.75 Å². The van der Waals surface area contributed by atoms with E-state index in [0.717, 1.165) is 16.7 Å². The number of hydrogen-bond acceptors (Lipinski definition) is 7. The van der Waals surface area contributed by atoms with Gasteiger partial charge < -0.3 is 9.30 Å². The van der Waals surface area contributed by atoms with E-state index in [1.54, 1.807) is 38.5 Å². The summed E-state index contributed by atoms with van der Waals surface area (Å²) in [6, 6.07) is 4.73. The zero-order chi connectivity index (χ0) is 22.3. The fraction of sp³-hybridized carbons (Fsp3) is 0.421. The van der Waals surface area contributed by atoms with Gasteiger partial charge in [-0.25, -0.2) is 9.97 Å². The third-order valence-electron chi connectivity index (χ3n) is 4.18. The van der Waals surface area contributed by atoms with E-state index in [1.807, 2.05) is 6.92 Å². The normalized spacial score (nSPS) is 12.2. The quantitative estimate of drug-likeness (QED) is 0.542. The Morgan fingerprint density at radius 2 is 1.90 bits per heavy atom. The Hall–Kier alpha value is -2.87. The van der Waals surface area contributed by atoms with Crippen molar-refractivity contribution < 1.29 is 17.9 Å². The lowest BCUT2D eigenvalue weighted by Gasteiger charge is -2.21. The van der Waals surface area contributed by atoms with E-state index < -0.39 is 17.5 Å². The molecule has 0 amide bonds. The van der Waals surface area contributed by atoms with Crippen molar-refractivity contribution in [1.29, 1.82) is 5.26 Å². The van der Waals surface area contributed by atoms with Gasteiger partial charge in [-0.1, -0.05) is 6.92 Å². The van der Waals surface area contributed by atoms with Crippen molar-refractivity contribution in [2.45, 2.75) is 44.4 Å². The van der Waals surface area contributed by atoms with Crippen molar-refractivity contribution >= 4 is 22.9 Å². The summed E-state index contributed by atoms with van der Waals surface area (Å²) in [6.07, 6.45) is -4.61. The van der Waals surface area contributed by atoms with Crippen LogP contribution < -0.4 is 4.74 Å². The van der Waals surface area contributed by atoms with Gasteiger partial charge >= 0.3 is 6.18 Å². The Kier molecular flexibility index (Phi) is 5.64. The minimum Gasteiger partial charge on any atom is -0.471 e. The molecular formula is C19H19F3N6OS. The Balaban J connectivity index is 2.17. The number of alkyl halides is 3. The number of rotatable bonds is 5. The van der Waals surface area contributed by atoms with Crippen LogP contribution in [0.3, 0.4) is 0 Å². The van der Waals surface area contributed by atoms with E-state index in [1.165, 1.54) is 11.8 Å². The first-order valence-electron chi connectivity index (χ1n) is 8.99. The average molecular weight is 436 g/mol. The summed E-state index contributed by atoms with van der Waals surface area (Å²) in [5, 5.41) is 16.2. The molecule has 0 spiro atoms. The van der Waals surface area contributed by atoms with Gasteiger partial charge in [0.15, 0.2) is 22.8 Å². The lowest BCUT2D eigenvalue weighted by Crippen LogP contribution is -2.26. The number of thioether (sulfide) groups is 1. The number of aryl methyl sites for hydroxylation is 2. The predicted octanol–water partition coefficient (Wildman–Crippen LogP) is 4.55. The van der Waals surface area contributed by atoms with E-state index in [-0.39, 0.29) is 11.2 Å². The van der Waals surface area contributed by atoms with Gasteiger partial charge in [0, 0.05) is 18.0 Å². The van der Waals surface area contributed by atoms with Crippen LogP contribution in [0.5, 0.6) is 5.75 Å². The number of fused-ring (bicyclic) bond motifs is 1. The molecule has 0 fully saturated rings. The summed E-state index contributed by atoms with van der Waals surface area (Å²) in [7, 11) is 1.65. The van der Waals surface area contributed by atoms with Gasteiger partial charge in [0.25, 0.3) is 0 Å². The third kappa shape index (κ3) is 4.18. The molecule has 3 aromatic rings. The zero-order valence-electron chi connectivity index (χ0n) is 17.0. The summed E-state index contributed by atoms with van der Waals surface area (Å²) in [5.41, 5.74) is -0.819. The van der Waals surface area contributed by atoms with Gasteiger partial charge in [0.2, 0.25) is 0 Å². The highest BCUT2D eigenvalue weighted by Crippen LogP contribution is 2.36. The molecule has 0 atom stereocenters. The van der Waals surface area contributed by atoms with Crippen LogP contribution in [-0.4, -0.2) is 36.1 Å². The van der Waals surface area contributed by atoms with Crippen LogP contribution in [0.2, 0.25) is 0 Å². The number of nitriles is 1. The van der Waals surface area contributed by atoms with Gasteiger partial charge in [-0.2, -0.15) is 18.4 Å². The minimum atomic E-state index is -4.61. The van der Waals surface area contributed by atoms with Crippen LogP contribution in [0.25, 0.3) is 22.7 Å². The molecule has 0 radical (unpaired) electrons. The Bertz CT molecular complexity index is 1150. The van der Waals surface area contributed by atoms with Crippen LogP contribution >= 0.6 is 11.8 Å². The first-order valence-corrected chi connectivity index (χ1v) is 9.98. The first-order chi connectivity index (χ1) is 14.0. The predicted molar refractivity (Wildman–Crippen MR) is 106 cm³/mol. The molecule has 0 bridgehead atoms. The Morgan fingerprint density at radius 1 is 1.20 bits per heavy atom. The number of nitrogens with zero attached hydrogens (tertiary/aromatic N) is 6. The monoisotopic (exact) mass is 436 g/mol. The van der Waals surface area contributed by atoms with Crippen molar-refractivity contribution in [1.82, 2.24) is 24.7 Å². The van der Waals surface area contributed by atoms with Gasteiger partial charge in [-0.3, -0.25) is 0 Å². The second-order valence-corrected chi connectivity index (χ2v) is 8.31.